The number of benzene rings is 1. The van der Waals surface area contributed by atoms with Crippen molar-refractivity contribution in [3.8, 4) is 0 Å². The Morgan fingerprint density at radius 2 is 1.97 bits per heavy atom. The van der Waals surface area contributed by atoms with Gasteiger partial charge in [0.2, 0.25) is 0 Å². The van der Waals surface area contributed by atoms with Gasteiger partial charge in [-0.3, -0.25) is 19.5 Å². The Morgan fingerprint density at radius 1 is 1.14 bits per heavy atom. The Hall–Kier alpha value is -3.68. The van der Waals surface area contributed by atoms with Gasteiger partial charge in [0, 0.05) is 55.2 Å². The van der Waals surface area contributed by atoms with Crippen LogP contribution < -0.4 is 5.32 Å². The number of rotatable bonds is 7. The third-order valence-corrected chi connectivity index (χ3v) is 7.45. The minimum atomic E-state index is -0.895. The Balaban J connectivity index is 1.27. The molecular formula is C27H31N5O3. The number of aromatic amines is 1. The van der Waals surface area contributed by atoms with Crippen LogP contribution in [0.1, 0.15) is 48.7 Å². The molecule has 2 aromatic heterocycles. The summed E-state index contributed by atoms with van der Waals surface area (Å²) in [6, 6.07) is 13.0. The number of H-pyrrole nitrogens is 1. The van der Waals surface area contributed by atoms with Gasteiger partial charge in [0.05, 0.1) is 0 Å². The molecule has 3 aromatic rings. The third-order valence-electron chi connectivity index (χ3n) is 7.45. The van der Waals surface area contributed by atoms with E-state index in [-0.39, 0.29) is 23.8 Å². The summed E-state index contributed by atoms with van der Waals surface area (Å²) in [4.78, 5) is 50.3. The maximum atomic E-state index is 13.6. The van der Waals surface area contributed by atoms with E-state index in [2.05, 4.69) is 15.3 Å². The average Bonchev–Trinajstić information content (AvgIpc) is 3.45. The van der Waals surface area contributed by atoms with Crippen molar-refractivity contribution in [2.75, 3.05) is 19.6 Å². The van der Waals surface area contributed by atoms with Crippen LogP contribution in [0.15, 0.2) is 54.9 Å². The minimum Gasteiger partial charge on any atom is -0.361 e. The first kappa shape index (κ1) is 23.1. The van der Waals surface area contributed by atoms with Crippen LogP contribution in [0.25, 0.3) is 10.9 Å². The van der Waals surface area contributed by atoms with E-state index in [1.54, 1.807) is 6.20 Å². The third kappa shape index (κ3) is 4.29. The van der Waals surface area contributed by atoms with Crippen molar-refractivity contribution in [1.82, 2.24) is 25.1 Å². The van der Waals surface area contributed by atoms with Crippen molar-refractivity contribution in [3.05, 3.63) is 66.1 Å². The molecule has 5 rings (SSSR count). The number of aromatic nitrogens is 2. The molecule has 0 bridgehead atoms. The number of imide groups is 1. The molecule has 0 aliphatic carbocycles. The molecule has 0 unspecified atom stereocenters. The SMILES string of the molecule is CCC[C@@]1(C2CCN(C(=O)c3ccc4cc[nH]c4c3)CC2)NC(=O)N(CCc2ccccn2)C1=O. The second-order valence-electron chi connectivity index (χ2n) is 9.53. The van der Waals surface area contributed by atoms with Gasteiger partial charge < -0.3 is 15.2 Å². The van der Waals surface area contributed by atoms with E-state index in [1.807, 2.05) is 60.5 Å². The fraction of sp³-hybridized carbons (Fsp3) is 0.407. The summed E-state index contributed by atoms with van der Waals surface area (Å²) in [5, 5.41) is 4.15. The fourth-order valence-corrected chi connectivity index (χ4v) is 5.60. The summed E-state index contributed by atoms with van der Waals surface area (Å²) in [7, 11) is 0. The monoisotopic (exact) mass is 473 g/mol. The summed E-state index contributed by atoms with van der Waals surface area (Å²) in [5.74, 6) is -0.140. The molecule has 1 aromatic carbocycles. The van der Waals surface area contributed by atoms with Gasteiger partial charge in [-0.1, -0.05) is 25.5 Å². The Morgan fingerprint density at radius 3 is 2.71 bits per heavy atom. The summed E-state index contributed by atoms with van der Waals surface area (Å²) in [5.41, 5.74) is 1.56. The predicted molar refractivity (Wildman–Crippen MR) is 133 cm³/mol. The quantitative estimate of drug-likeness (QED) is 0.511. The lowest BCUT2D eigenvalue weighted by atomic mass is 9.74. The lowest BCUT2D eigenvalue weighted by molar-refractivity contribution is -0.134. The van der Waals surface area contributed by atoms with Gasteiger partial charge in [0.1, 0.15) is 5.54 Å². The van der Waals surface area contributed by atoms with Crippen molar-refractivity contribution in [3.63, 3.8) is 0 Å². The van der Waals surface area contributed by atoms with E-state index in [0.717, 1.165) is 23.0 Å². The van der Waals surface area contributed by atoms with E-state index < -0.39 is 5.54 Å². The van der Waals surface area contributed by atoms with Gasteiger partial charge in [-0.05, 0) is 60.9 Å². The highest BCUT2D eigenvalue weighted by Crippen LogP contribution is 2.37. The van der Waals surface area contributed by atoms with Crippen LogP contribution in [0, 0.1) is 5.92 Å². The van der Waals surface area contributed by atoms with Crippen LogP contribution in [0.2, 0.25) is 0 Å². The topological polar surface area (TPSA) is 98.4 Å². The Labute approximate surface area is 204 Å². The zero-order chi connectivity index (χ0) is 24.4. The molecule has 2 saturated heterocycles. The lowest BCUT2D eigenvalue weighted by Crippen LogP contribution is -2.56. The Kier molecular flexibility index (Phi) is 6.28. The number of nitrogens with one attached hydrogen (secondary N) is 2. The molecule has 0 spiro atoms. The van der Waals surface area contributed by atoms with Gasteiger partial charge in [-0.2, -0.15) is 0 Å². The van der Waals surface area contributed by atoms with Gasteiger partial charge in [0.25, 0.3) is 11.8 Å². The predicted octanol–water partition coefficient (Wildman–Crippen LogP) is 3.75. The Bertz CT molecular complexity index is 1230. The molecule has 4 heterocycles. The van der Waals surface area contributed by atoms with Crippen LogP contribution in [-0.4, -0.2) is 62.8 Å². The molecular weight excluding hydrogens is 442 g/mol. The van der Waals surface area contributed by atoms with E-state index >= 15 is 0 Å². The summed E-state index contributed by atoms with van der Waals surface area (Å²) < 4.78 is 0. The van der Waals surface area contributed by atoms with E-state index in [1.165, 1.54) is 4.90 Å². The first-order chi connectivity index (χ1) is 17.0. The summed E-state index contributed by atoms with van der Waals surface area (Å²) in [6.45, 7) is 3.47. The molecule has 0 radical (unpaired) electrons. The largest absolute Gasteiger partial charge is 0.361 e. The first-order valence-corrected chi connectivity index (χ1v) is 12.4. The van der Waals surface area contributed by atoms with Crippen LogP contribution in [0.4, 0.5) is 4.79 Å². The first-order valence-electron chi connectivity index (χ1n) is 12.4. The van der Waals surface area contributed by atoms with Crippen LogP contribution in [-0.2, 0) is 11.2 Å². The van der Waals surface area contributed by atoms with Crippen molar-refractivity contribution in [2.24, 2.45) is 5.92 Å². The highest BCUT2D eigenvalue weighted by molar-refractivity contribution is 6.07. The number of piperidine rings is 1. The number of amides is 4. The van der Waals surface area contributed by atoms with E-state index in [0.29, 0.717) is 50.9 Å². The highest BCUT2D eigenvalue weighted by Gasteiger charge is 2.55. The van der Waals surface area contributed by atoms with Gasteiger partial charge in [-0.15, -0.1) is 0 Å². The van der Waals surface area contributed by atoms with Crippen molar-refractivity contribution in [1.29, 1.82) is 0 Å². The smallest absolute Gasteiger partial charge is 0.325 e. The number of likely N-dealkylation sites (tertiary alicyclic amines) is 1. The molecule has 2 aliphatic rings. The highest BCUT2D eigenvalue weighted by atomic mass is 16.2. The number of hydrogen-bond donors (Lipinski definition) is 2. The average molecular weight is 474 g/mol. The number of pyridine rings is 1. The molecule has 2 fully saturated rings. The maximum absolute atomic E-state index is 13.6. The number of urea groups is 1. The van der Waals surface area contributed by atoms with E-state index in [9.17, 15) is 14.4 Å². The summed E-state index contributed by atoms with van der Waals surface area (Å²) in [6.07, 6.45) is 6.85. The van der Waals surface area contributed by atoms with Crippen molar-refractivity contribution < 1.29 is 14.4 Å². The molecule has 8 nitrogen and oxygen atoms in total. The lowest BCUT2D eigenvalue weighted by Gasteiger charge is -2.41. The van der Waals surface area contributed by atoms with Crippen LogP contribution in [0.3, 0.4) is 0 Å². The second kappa shape index (κ2) is 9.52. The van der Waals surface area contributed by atoms with E-state index in [4.69, 9.17) is 0 Å². The molecule has 35 heavy (non-hydrogen) atoms. The number of nitrogens with zero attached hydrogens (tertiary/aromatic N) is 3. The molecule has 182 valence electrons. The molecule has 4 amide bonds. The normalized spacial score (nSPS) is 21.1. The zero-order valence-corrected chi connectivity index (χ0v) is 20.0. The maximum Gasteiger partial charge on any atom is 0.325 e. The van der Waals surface area contributed by atoms with Crippen molar-refractivity contribution in [2.45, 2.75) is 44.6 Å². The molecule has 8 heteroatoms. The number of fused-ring (bicyclic) bond motifs is 1. The standard InChI is InChI=1S/C27H31N5O3/c1-2-12-27(25(34)32(26(35)30-27)17-11-22-5-3-4-13-28-22)21-9-15-31(16-10-21)24(33)20-7-6-19-8-14-29-23(19)18-20/h3-8,13-14,18,21,29H,2,9-12,15-17H2,1H3,(H,30,35)/t27-/m0/s1. The van der Waals surface area contributed by atoms with Crippen LogP contribution in [0.5, 0.6) is 0 Å². The van der Waals surface area contributed by atoms with Gasteiger partial charge >= 0.3 is 6.03 Å². The van der Waals surface area contributed by atoms with Gasteiger partial charge in [0.15, 0.2) is 0 Å². The van der Waals surface area contributed by atoms with Gasteiger partial charge in [-0.25, -0.2) is 4.79 Å². The van der Waals surface area contributed by atoms with Crippen LogP contribution >= 0.6 is 0 Å². The zero-order valence-electron chi connectivity index (χ0n) is 20.0. The molecule has 0 saturated carbocycles. The minimum absolute atomic E-state index is 0.00302. The number of hydrogen-bond acceptors (Lipinski definition) is 4. The summed E-state index contributed by atoms with van der Waals surface area (Å²) >= 11 is 0. The van der Waals surface area contributed by atoms with Crippen molar-refractivity contribution >= 4 is 28.7 Å². The molecule has 2 aliphatic heterocycles. The second-order valence-corrected chi connectivity index (χ2v) is 9.53. The fourth-order valence-electron chi connectivity index (χ4n) is 5.60. The number of carbonyl (C=O) groups excluding carboxylic acids is 3. The molecule has 1 atom stereocenters. The molecule has 2 N–H and O–H groups in total. The number of carbonyl (C=O) groups is 3.